The van der Waals surface area contributed by atoms with Crippen LogP contribution in [0.4, 0.5) is 4.39 Å². The van der Waals surface area contributed by atoms with Crippen LogP contribution in [0, 0.1) is 11.2 Å². The molecule has 1 fully saturated rings. The van der Waals surface area contributed by atoms with E-state index in [-0.39, 0.29) is 23.2 Å². The summed E-state index contributed by atoms with van der Waals surface area (Å²) in [7, 11) is 0. The zero-order valence-electron chi connectivity index (χ0n) is 11.5. The highest BCUT2D eigenvalue weighted by Gasteiger charge is 2.32. The molecule has 1 heterocycles. The van der Waals surface area contributed by atoms with E-state index in [4.69, 9.17) is 0 Å². The second kappa shape index (κ2) is 5.70. The van der Waals surface area contributed by atoms with Crippen molar-refractivity contribution in [2.45, 2.75) is 32.7 Å². The van der Waals surface area contributed by atoms with E-state index in [0.717, 1.165) is 25.1 Å². The third-order valence-electron chi connectivity index (χ3n) is 3.75. The number of amides is 1. The smallest absolute Gasteiger partial charge is 0.224 e. The molecule has 3 nitrogen and oxygen atoms in total. The van der Waals surface area contributed by atoms with Crippen LogP contribution in [0.15, 0.2) is 24.3 Å². The van der Waals surface area contributed by atoms with Gasteiger partial charge in [0.25, 0.3) is 0 Å². The molecule has 0 aliphatic carbocycles. The summed E-state index contributed by atoms with van der Waals surface area (Å²) < 4.78 is 12.8. The largest absolute Gasteiger partial charge is 0.352 e. The monoisotopic (exact) mass is 264 g/mol. The van der Waals surface area contributed by atoms with Crippen molar-refractivity contribution in [3.8, 4) is 0 Å². The van der Waals surface area contributed by atoms with E-state index in [1.54, 1.807) is 12.1 Å². The fraction of sp³-hybridized carbons (Fsp3) is 0.533. The highest BCUT2D eigenvalue weighted by Crippen LogP contribution is 2.24. The zero-order chi connectivity index (χ0) is 13.9. The maximum absolute atomic E-state index is 12.8. The Bertz CT molecular complexity index is 442. The third-order valence-corrected chi connectivity index (χ3v) is 3.75. The molecule has 104 valence electrons. The van der Waals surface area contributed by atoms with E-state index in [1.165, 1.54) is 12.1 Å². The molecule has 4 heteroatoms. The Hall–Kier alpha value is -1.42. The molecule has 0 bridgehead atoms. The van der Waals surface area contributed by atoms with Crippen LogP contribution in [-0.2, 0) is 11.2 Å². The van der Waals surface area contributed by atoms with Gasteiger partial charge in [-0.2, -0.15) is 0 Å². The number of benzene rings is 1. The number of hydrogen-bond acceptors (Lipinski definition) is 2. The number of halogens is 1. The van der Waals surface area contributed by atoms with E-state index in [9.17, 15) is 9.18 Å². The first-order chi connectivity index (χ1) is 8.97. The Kier molecular flexibility index (Phi) is 4.20. The Morgan fingerprint density at radius 3 is 2.74 bits per heavy atom. The van der Waals surface area contributed by atoms with Gasteiger partial charge in [-0.25, -0.2) is 4.39 Å². The van der Waals surface area contributed by atoms with Crippen molar-refractivity contribution < 1.29 is 9.18 Å². The van der Waals surface area contributed by atoms with E-state index in [2.05, 4.69) is 24.5 Å². The quantitative estimate of drug-likeness (QED) is 0.875. The maximum Gasteiger partial charge on any atom is 0.224 e. The lowest BCUT2D eigenvalue weighted by molar-refractivity contribution is -0.122. The Morgan fingerprint density at radius 2 is 2.11 bits per heavy atom. The van der Waals surface area contributed by atoms with E-state index in [0.29, 0.717) is 6.42 Å². The van der Waals surface area contributed by atoms with Crippen LogP contribution in [0.25, 0.3) is 0 Å². The van der Waals surface area contributed by atoms with Crippen LogP contribution >= 0.6 is 0 Å². The minimum atomic E-state index is -0.274. The van der Waals surface area contributed by atoms with Gasteiger partial charge in [0.1, 0.15) is 5.82 Å². The molecule has 2 rings (SSSR count). The molecule has 0 aromatic heterocycles. The molecule has 1 aliphatic heterocycles. The van der Waals surface area contributed by atoms with E-state index < -0.39 is 0 Å². The molecule has 1 unspecified atom stereocenters. The van der Waals surface area contributed by atoms with Crippen LogP contribution in [-0.4, -0.2) is 25.0 Å². The number of carbonyl (C=O) groups excluding carboxylic acids is 1. The van der Waals surface area contributed by atoms with Gasteiger partial charge in [0.15, 0.2) is 0 Å². The number of hydrogen-bond donors (Lipinski definition) is 2. The van der Waals surface area contributed by atoms with Crippen LogP contribution in [0.2, 0.25) is 0 Å². The van der Waals surface area contributed by atoms with Crippen molar-refractivity contribution in [2.75, 3.05) is 13.1 Å². The van der Waals surface area contributed by atoms with Gasteiger partial charge in [0.05, 0.1) is 6.42 Å². The number of nitrogens with one attached hydrogen (secondary N) is 2. The average molecular weight is 264 g/mol. The number of carbonyl (C=O) groups is 1. The van der Waals surface area contributed by atoms with Gasteiger partial charge in [-0.15, -0.1) is 0 Å². The lowest BCUT2D eigenvalue weighted by atomic mass is 9.80. The third kappa shape index (κ3) is 3.77. The molecule has 1 saturated heterocycles. The molecule has 1 amide bonds. The van der Waals surface area contributed by atoms with Gasteiger partial charge in [-0.3, -0.25) is 4.79 Å². The summed E-state index contributed by atoms with van der Waals surface area (Å²) in [6.45, 7) is 6.16. The zero-order valence-corrected chi connectivity index (χ0v) is 11.5. The summed E-state index contributed by atoms with van der Waals surface area (Å²) in [6.07, 6.45) is 1.25. The molecule has 1 atom stereocenters. The Labute approximate surface area is 113 Å². The van der Waals surface area contributed by atoms with Crippen molar-refractivity contribution in [1.82, 2.24) is 10.6 Å². The van der Waals surface area contributed by atoms with Crippen LogP contribution in [0.5, 0.6) is 0 Å². The summed E-state index contributed by atoms with van der Waals surface area (Å²) >= 11 is 0. The van der Waals surface area contributed by atoms with Gasteiger partial charge in [0, 0.05) is 12.6 Å². The van der Waals surface area contributed by atoms with Gasteiger partial charge < -0.3 is 10.6 Å². The van der Waals surface area contributed by atoms with Gasteiger partial charge >= 0.3 is 0 Å². The number of piperidine rings is 1. The predicted octanol–water partition coefficient (Wildman–Crippen LogP) is 1.87. The highest BCUT2D eigenvalue weighted by molar-refractivity contribution is 5.78. The summed E-state index contributed by atoms with van der Waals surface area (Å²) in [5, 5.41) is 6.44. The van der Waals surface area contributed by atoms with Crippen LogP contribution in [0.1, 0.15) is 25.8 Å². The molecular weight excluding hydrogens is 243 g/mol. The van der Waals surface area contributed by atoms with Crippen molar-refractivity contribution in [3.05, 3.63) is 35.6 Å². The standard InChI is InChI=1S/C15H21FN2O/c1-15(2)10-17-8-7-13(15)18-14(19)9-11-3-5-12(16)6-4-11/h3-6,13,17H,7-10H2,1-2H3,(H,18,19). The summed E-state index contributed by atoms with van der Waals surface area (Å²) in [5.74, 6) is -0.268. The molecule has 1 aromatic rings. The maximum atomic E-state index is 12.8. The predicted molar refractivity (Wildman–Crippen MR) is 73.3 cm³/mol. The summed E-state index contributed by atoms with van der Waals surface area (Å²) in [4.78, 5) is 12.0. The van der Waals surface area contributed by atoms with Gasteiger partial charge in [-0.05, 0) is 36.1 Å². The normalized spacial score (nSPS) is 21.9. The summed E-state index contributed by atoms with van der Waals surface area (Å²) in [6, 6.07) is 6.28. The first-order valence-electron chi connectivity index (χ1n) is 6.72. The topological polar surface area (TPSA) is 41.1 Å². The van der Waals surface area contributed by atoms with Crippen LogP contribution < -0.4 is 10.6 Å². The SMILES string of the molecule is CC1(C)CNCCC1NC(=O)Cc1ccc(F)cc1. The molecule has 0 saturated carbocycles. The lowest BCUT2D eigenvalue weighted by Crippen LogP contribution is -2.54. The second-order valence-corrected chi connectivity index (χ2v) is 5.88. The summed E-state index contributed by atoms with van der Waals surface area (Å²) in [5.41, 5.74) is 0.905. The van der Waals surface area contributed by atoms with Crippen molar-refractivity contribution in [3.63, 3.8) is 0 Å². The molecule has 0 spiro atoms. The van der Waals surface area contributed by atoms with Gasteiger partial charge in [0.2, 0.25) is 5.91 Å². The van der Waals surface area contributed by atoms with E-state index >= 15 is 0 Å². The molecule has 2 N–H and O–H groups in total. The second-order valence-electron chi connectivity index (χ2n) is 5.88. The van der Waals surface area contributed by atoms with Gasteiger partial charge in [-0.1, -0.05) is 26.0 Å². The minimum Gasteiger partial charge on any atom is -0.352 e. The average Bonchev–Trinajstić information content (AvgIpc) is 2.35. The van der Waals surface area contributed by atoms with Crippen molar-refractivity contribution >= 4 is 5.91 Å². The van der Waals surface area contributed by atoms with Crippen molar-refractivity contribution in [2.24, 2.45) is 5.41 Å². The first kappa shape index (κ1) is 14.0. The Balaban J connectivity index is 1.92. The van der Waals surface area contributed by atoms with Crippen molar-refractivity contribution in [1.29, 1.82) is 0 Å². The van der Waals surface area contributed by atoms with Crippen LogP contribution in [0.3, 0.4) is 0 Å². The van der Waals surface area contributed by atoms with E-state index in [1.807, 2.05) is 0 Å². The molecule has 0 radical (unpaired) electrons. The molecule has 1 aromatic carbocycles. The Morgan fingerprint density at radius 1 is 1.42 bits per heavy atom. The first-order valence-corrected chi connectivity index (χ1v) is 6.72. The lowest BCUT2D eigenvalue weighted by Gasteiger charge is -2.39. The molecule has 1 aliphatic rings. The molecule has 19 heavy (non-hydrogen) atoms. The molecular formula is C15H21FN2O. The fourth-order valence-corrected chi connectivity index (χ4v) is 2.47. The minimum absolute atomic E-state index is 0.00610. The number of rotatable bonds is 3. The fourth-order valence-electron chi connectivity index (χ4n) is 2.47. The highest BCUT2D eigenvalue weighted by atomic mass is 19.1.